The van der Waals surface area contributed by atoms with Gasteiger partial charge < -0.3 is 14.2 Å². The summed E-state index contributed by atoms with van der Waals surface area (Å²) in [7, 11) is 1.56. The SMILES string of the molecule is COCCOCCCOC(=O)c1ccc([N+](=O)[O-])c(F)c1. The number of carbonyl (C=O) groups is 1. The molecule has 0 N–H and O–H groups in total. The lowest BCUT2D eigenvalue weighted by Gasteiger charge is -2.06. The maximum Gasteiger partial charge on any atom is 0.338 e. The lowest BCUT2D eigenvalue weighted by atomic mass is 10.2. The molecule has 0 spiro atoms. The molecule has 7 nitrogen and oxygen atoms in total. The molecule has 0 bridgehead atoms. The van der Waals surface area contributed by atoms with Gasteiger partial charge in [0.05, 0.1) is 30.3 Å². The van der Waals surface area contributed by atoms with E-state index in [9.17, 15) is 19.3 Å². The summed E-state index contributed by atoms with van der Waals surface area (Å²) in [6, 6.07) is 2.87. The van der Waals surface area contributed by atoms with E-state index in [1.165, 1.54) is 0 Å². The smallest absolute Gasteiger partial charge is 0.338 e. The lowest BCUT2D eigenvalue weighted by molar-refractivity contribution is -0.387. The van der Waals surface area contributed by atoms with Crippen LogP contribution in [0.2, 0.25) is 0 Å². The molecular weight excluding hydrogens is 285 g/mol. The summed E-state index contributed by atoms with van der Waals surface area (Å²) in [6.07, 6.45) is 0.491. The third-order valence-corrected chi connectivity index (χ3v) is 2.48. The van der Waals surface area contributed by atoms with Crippen LogP contribution in [-0.2, 0) is 14.2 Å². The van der Waals surface area contributed by atoms with E-state index >= 15 is 0 Å². The van der Waals surface area contributed by atoms with Gasteiger partial charge in [-0.3, -0.25) is 10.1 Å². The van der Waals surface area contributed by atoms with Gasteiger partial charge in [-0.15, -0.1) is 0 Å². The van der Waals surface area contributed by atoms with Gasteiger partial charge >= 0.3 is 11.7 Å². The number of methoxy groups -OCH3 is 1. The summed E-state index contributed by atoms with van der Waals surface area (Å²) in [5, 5.41) is 10.4. The molecule has 21 heavy (non-hydrogen) atoms. The maximum atomic E-state index is 13.3. The van der Waals surface area contributed by atoms with Crippen molar-refractivity contribution in [1.82, 2.24) is 0 Å². The average Bonchev–Trinajstić information content (AvgIpc) is 2.45. The Hall–Kier alpha value is -2.06. The van der Waals surface area contributed by atoms with Crippen LogP contribution >= 0.6 is 0 Å². The lowest BCUT2D eigenvalue weighted by Crippen LogP contribution is -2.10. The number of carbonyl (C=O) groups excluding carboxylic acids is 1. The highest BCUT2D eigenvalue weighted by atomic mass is 19.1. The van der Waals surface area contributed by atoms with Gasteiger partial charge in [0.15, 0.2) is 0 Å². The van der Waals surface area contributed by atoms with Gasteiger partial charge in [-0.1, -0.05) is 0 Å². The van der Waals surface area contributed by atoms with E-state index in [4.69, 9.17) is 14.2 Å². The van der Waals surface area contributed by atoms with Crippen LogP contribution in [0, 0.1) is 15.9 Å². The molecular formula is C13H16FNO6. The Morgan fingerprint density at radius 2 is 2.05 bits per heavy atom. The molecule has 1 aromatic rings. The zero-order chi connectivity index (χ0) is 15.7. The largest absolute Gasteiger partial charge is 0.462 e. The second-order valence-electron chi connectivity index (χ2n) is 4.02. The van der Waals surface area contributed by atoms with Crippen molar-refractivity contribution in [3.05, 3.63) is 39.7 Å². The van der Waals surface area contributed by atoms with Crippen molar-refractivity contribution in [2.24, 2.45) is 0 Å². The molecule has 0 fully saturated rings. The van der Waals surface area contributed by atoms with Crippen LogP contribution in [0.15, 0.2) is 18.2 Å². The molecule has 0 saturated heterocycles. The Kier molecular flexibility index (Phi) is 7.27. The molecule has 1 aromatic carbocycles. The Bertz CT molecular complexity index is 494. The van der Waals surface area contributed by atoms with Crippen molar-refractivity contribution < 1.29 is 28.3 Å². The van der Waals surface area contributed by atoms with E-state index in [0.29, 0.717) is 26.2 Å². The molecule has 0 amide bonds. The van der Waals surface area contributed by atoms with Crippen molar-refractivity contribution in [2.75, 3.05) is 33.5 Å². The summed E-state index contributed by atoms with van der Waals surface area (Å²) in [6.45, 7) is 1.47. The van der Waals surface area contributed by atoms with Crippen LogP contribution in [-0.4, -0.2) is 44.4 Å². The van der Waals surface area contributed by atoms with Gasteiger partial charge in [-0.2, -0.15) is 4.39 Å². The highest BCUT2D eigenvalue weighted by Gasteiger charge is 2.17. The second-order valence-corrected chi connectivity index (χ2v) is 4.02. The molecule has 0 radical (unpaired) electrons. The molecule has 0 heterocycles. The maximum absolute atomic E-state index is 13.3. The number of halogens is 1. The average molecular weight is 301 g/mol. The minimum absolute atomic E-state index is 0.0709. The van der Waals surface area contributed by atoms with Crippen LogP contribution in [0.1, 0.15) is 16.8 Å². The van der Waals surface area contributed by atoms with E-state index in [-0.39, 0.29) is 12.2 Å². The molecule has 0 aliphatic rings. The normalized spacial score (nSPS) is 10.4. The Labute approximate surface area is 120 Å². The number of nitrogens with zero attached hydrogens (tertiary/aromatic N) is 1. The van der Waals surface area contributed by atoms with Gasteiger partial charge in [-0.25, -0.2) is 4.79 Å². The molecule has 116 valence electrons. The van der Waals surface area contributed by atoms with Crippen LogP contribution in [0.4, 0.5) is 10.1 Å². The van der Waals surface area contributed by atoms with E-state index in [1.54, 1.807) is 7.11 Å². The Morgan fingerprint density at radius 1 is 1.29 bits per heavy atom. The molecule has 0 unspecified atom stereocenters. The van der Waals surface area contributed by atoms with Gasteiger partial charge in [-0.05, 0) is 12.1 Å². The van der Waals surface area contributed by atoms with Crippen LogP contribution in [0.5, 0.6) is 0 Å². The van der Waals surface area contributed by atoms with Crippen LogP contribution in [0.25, 0.3) is 0 Å². The quantitative estimate of drug-likeness (QED) is 0.300. The Morgan fingerprint density at radius 3 is 2.67 bits per heavy atom. The molecule has 0 aromatic heterocycles. The van der Waals surface area contributed by atoms with Crippen LogP contribution < -0.4 is 0 Å². The van der Waals surface area contributed by atoms with Gasteiger partial charge in [0, 0.05) is 26.2 Å². The first kappa shape index (κ1) is 17.0. The fourth-order valence-corrected chi connectivity index (χ4v) is 1.44. The topological polar surface area (TPSA) is 87.9 Å². The second kappa shape index (κ2) is 8.98. The number of nitro benzene ring substituents is 1. The molecule has 1 rings (SSSR count). The predicted octanol–water partition coefficient (Wildman–Crippen LogP) is 1.94. The number of esters is 1. The number of rotatable bonds is 9. The highest BCUT2D eigenvalue weighted by Crippen LogP contribution is 2.18. The predicted molar refractivity (Wildman–Crippen MR) is 70.6 cm³/mol. The molecule has 0 atom stereocenters. The van der Waals surface area contributed by atoms with Crippen LogP contribution in [0.3, 0.4) is 0 Å². The van der Waals surface area contributed by atoms with Crippen molar-refractivity contribution in [3.8, 4) is 0 Å². The third kappa shape index (κ3) is 5.84. The number of hydrogen-bond donors (Lipinski definition) is 0. The molecule has 8 heteroatoms. The van der Waals surface area contributed by atoms with Crippen molar-refractivity contribution in [1.29, 1.82) is 0 Å². The van der Waals surface area contributed by atoms with Gasteiger partial charge in [0.1, 0.15) is 0 Å². The molecule has 0 aliphatic heterocycles. The van der Waals surface area contributed by atoms with E-state index < -0.39 is 22.4 Å². The summed E-state index contributed by atoms with van der Waals surface area (Å²) in [4.78, 5) is 21.2. The van der Waals surface area contributed by atoms with E-state index in [1.807, 2.05) is 0 Å². The fraction of sp³-hybridized carbons (Fsp3) is 0.462. The molecule has 0 saturated carbocycles. The zero-order valence-corrected chi connectivity index (χ0v) is 11.5. The third-order valence-electron chi connectivity index (χ3n) is 2.48. The Balaban J connectivity index is 2.35. The monoisotopic (exact) mass is 301 g/mol. The summed E-state index contributed by atoms with van der Waals surface area (Å²) < 4.78 is 28.2. The standard InChI is InChI=1S/C13H16FNO6/c1-19-7-8-20-5-2-6-21-13(16)10-3-4-12(15(17)18)11(14)9-10/h3-4,9H,2,5-8H2,1H3. The summed E-state index contributed by atoms with van der Waals surface area (Å²) >= 11 is 0. The fourth-order valence-electron chi connectivity index (χ4n) is 1.44. The van der Waals surface area contributed by atoms with Gasteiger partial charge in [0.25, 0.3) is 0 Å². The van der Waals surface area contributed by atoms with E-state index in [2.05, 4.69) is 0 Å². The highest BCUT2D eigenvalue weighted by molar-refractivity contribution is 5.89. The minimum Gasteiger partial charge on any atom is -0.462 e. The number of hydrogen-bond acceptors (Lipinski definition) is 6. The number of ether oxygens (including phenoxy) is 3. The van der Waals surface area contributed by atoms with Gasteiger partial charge in [0.2, 0.25) is 5.82 Å². The number of benzene rings is 1. The first-order chi connectivity index (χ1) is 10.1. The summed E-state index contributed by atoms with van der Waals surface area (Å²) in [5.74, 6) is -1.81. The van der Waals surface area contributed by atoms with Crippen molar-refractivity contribution in [3.63, 3.8) is 0 Å². The zero-order valence-electron chi connectivity index (χ0n) is 11.5. The first-order valence-electron chi connectivity index (χ1n) is 6.24. The summed E-state index contributed by atoms with van der Waals surface area (Å²) in [5.41, 5.74) is -0.753. The van der Waals surface area contributed by atoms with Crippen molar-refractivity contribution >= 4 is 11.7 Å². The molecule has 0 aliphatic carbocycles. The van der Waals surface area contributed by atoms with E-state index in [0.717, 1.165) is 18.2 Å². The number of nitro groups is 1. The minimum atomic E-state index is -1.07. The van der Waals surface area contributed by atoms with Crippen molar-refractivity contribution in [2.45, 2.75) is 6.42 Å². The first-order valence-corrected chi connectivity index (χ1v) is 6.24.